The Bertz CT molecular complexity index is 1400. The van der Waals surface area contributed by atoms with Crippen molar-refractivity contribution in [3.63, 3.8) is 0 Å². The number of rotatable bonds is 7. The Morgan fingerprint density at radius 3 is 2.71 bits per heavy atom. The van der Waals surface area contributed by atoms with Gasteiger partial charge in [0, 0.05) is 17.5 Å². The molecule has 13 heteroatoms. The summed E-state index contributed by atoms with van der Waals surface area (Å²) >= 11 is 4.36. The maximum absolute atomic E-state index is 13.1. The van der Waals surface area contributed by atoms with Crippen LogP contribution in [0.4, 0.5) is 11.5 Å². The van der Waals surface area contributed by atoms with E-state index in [4.69, 9.17) is 16.0 Å². The van der Waals surface area contributed by atoms with Crippen molar-refractivity contribution in [3.05, 3.63) is 58.4 Å². The first-order valence-corrected chi connectivity index (χ1v) is 13.4. The zero-order valence-corrected chi connectivity index (χ0v) is 20.9. The van der Waals surface area contributed by atoms with Gasteiger partial charge >= 0.3 is 0 Å². The molecule has 182 valence electrons. The summed E-state index contributed by atoms with van der Waals surface area (Å²) in [6, 6.07) is 5.77. The summed E-state index contributed by atoms with van der Waals surface area (Å²) in [5.41, 5.74) is 0.836. The summed E-state index contributed by atoms with van der Waals surface area (Å²) in [6.07, 6.45) is 1.48. The van der Waals surface area contributed by atoms with Gasteiger partial charge in [-0.1, -0.05) is 18.2 Å². The molecule has 0 spiro atoms. The normalized spacial score (nSPS) is 16.7. The van der Waals surface area contributed by atoms with Crippen molar-refractivity contribution in [2.24, 2.45) is 4.99 Å². The number of aromatic amines is 1. The number of nitrogens with zero attached hydrogens (tertiary/aromatic N) is 3. The third-order valence-electron chi connectivity index (χ3n) is 5.34. The van der Waals surface area contributed by atoms with Gasteiger partial charge in [-0.25, -0.2) is 13.4 Å². The maximum atomic E-state index is 13.1. The summed E-state index contributed by atoms with van der Waals surface area (Å²) in [4.78, 5) is 4.17. The molecule has 3 heterocycles. The van der Waals surface area contributed by atoms with Gasteiger partial charge < -0.3 is 19.4 Å². The molecule has 0 radical (unpaired) electrons. The molecule has 3 aromatic rings. The number of nitrogens with one attached hydrogen (secondary N) is 2. The quantitative estimate of drug-likeness (QED) is 0.238. The highest BCUT2D eigenvalue weighted by atomic mass is 35.5. The highest BCUT2D eigenvalue weighted by Gasteiger charge is 2.33. The number of aryl methyl sites for hydroxylation is 1. The Kier molecular flexibility index (Phi) is 6.87. The summed E-state index contributed by atoms with van der Waals surface area (Å²) in [7, 11) is -4.00. The summed E-state index contributed by atoms with van der Waals surface area (Å²) in [5, 5.41) is 13.6. The molecule has 10 nitrogen and oxygen atoms in total. The third kappa shape index (κ3) is 4.77. The van der Waals surface area contributed by atoms with Crippen molar-refractivity contribution in [2.45, 2.75) is 37.6 Å². The molecule has 3 N–H and O–H groups in total. The van der Waals surface area contributed by atoms with E-state index in [0.717, 1.165) is 12.8 Å². The number of hydrogen-bond donors (Lipinski definition) is 3. The van der Waals surface area contributed by atoms with Gasteiger partial charge in [-0.3, -0.25) is 0 Å². The molecule has 1 aromatic carbocycles. The van der Waals surface area contributed by atoms with E-state index in [2.05, 4.69) is 25.6 Å². The number of sulfonamides is 1. The lowest BCUT2D eigenvalue weighted by molar-refractivity contribution is 0.445. The molecule has 0 aliphatic carbocycles. The van der Waals surface area contributed by atoms with E-state index >= 15 is 0 Å². The highest BCUT2D eigenvalue weighted by molar-refractivity contribution is 7.89. The fourth-order valence-electron chi connectivity index (χ4n) is 3.67. The van der Waals surface area contributed by atoms with Crippen LogP contribution < -0.4 is 10.8 Å². The summed E-state index contributed by atoms with van der Waals surface area (Å²) in [5.74, 6) is 0.742. The van der Waals surface area contributed by atoms with E-state index in [1.54, 1.807) is 26.0 Å². The minimum absolute atomic E-state index is 0.0232. The van der Waals surface area contributed by atoms with Gasteiger partial charge in [0.05, 0.1) is 10.7 Å². The first-order chi connectivity index (χ1) is 16.1. The van der Waals surface area contributed by atoms with Crippen LogP contribution in [0.2, 0.25) is 5.02 Å². The third-order valence-corrected chi connectivity index (χ3v) is 8.46. The lowest BCUT2D eigenvalue weighted by atomic mass is 10.1. The zero-order valence-electron chi connectivity index (χ0n) is 18.5. The van der Waals surface area contributed by atoms with Crippen LogP contribution in [-0.2, 0) is 10.0 Å². The van der Waals surface area contributed by atoms with Crippen LogP contribution in [0.25, 0.3) is 0 Å². The summed E-state index contributed by atoms with van der Waals surface area (Å²) < 4.78 is 51.9. The smallest absolute Gasteiger partial charge is 0.248 e. The standard InChI is InChI=1S/C21H24ClN5O5S2/c1-12(2)17(16-9-6-13(3)32-16)24-21-20(25-33(29)26-21)23-15-8-7-14(22)19(18(15)28)34(30,31)27-10-4-5-11-27/h6-9,17,28H,1,4-5,10-11H2,2-3H3,(H,23,25)(H,24,26)/t17-,33?/m1/s1. The largest absolute Gasteiger partial charge is 0.548 e. The van der Waals surface area contributed by atoms with E-state index in [1.807, 2.05) is 0 Å². The molecular formula is C21H24ClN5O5S2. The molecule has 2 atom stereocenters. The molecule has 1 fully saturated rings. The zero-order chi connectivity index (χ0) is 24.6. The fourth-order valence-corrected chi connectivity index (χ4v) is 6.44. The van der Waals surface area contributed by atoms with Crippen LogP contribution >= 0.6 is 22.7 Å². The lowest BCUT2D eigenvalue weighted by Crippen LogP contribution is -2.28. The van der Waals surface area contributed by atoms with E-state index < -0.39 is 37.9 Å². The highest BCUT2D eigenvalue weighted by Crippen LogP contribution is 2.40. The number of aromatic hydroxyl groups is 1. The molecule has 0 saturated carbocycles. The van der Waals surface area contributed by atoms with Crippen molar-refractivity contribution in [1.29, 1.82) is 0 Å². The van der Waals surface area contributed by atoms with E-state index in [-0.39, 0.29) is 22.0 Å². The van der Waals surface area contributed by atoms with Crippen LogP contribution in [0.3, 0.4) is 0 Å². The van der Waals surface area contributed by atoms with Crippen LogP contribution in [0.15, 0.2) is 50.7 Å². The first kappa shape index (κ1) is 24.5. The predicted molar refractivity (Wildman–Crippen MR) is 128 cm³/mol. The lowest BCUT2D eigenvalue weighted by Gasteiger charge is -2.18. The van der Waals surface area contributed by atoms with Crippen molar-refractivity contribution in [2.75, 3.05) is 18.4 Å². The Balaban J connectivity index is 1.75. The minimum Gasteiger partial charge on any atom is -0.548 e. The summed E-state index contributed by atoms with van der Waals surface area (Å²) in [6.45, 7) is 8.26. The molecular weight excluding hydrogens is 502 g/mol. The number of anilines is 2. The molecule has 0 amide bonds. The second kappa shape index (κ2) is 9.55. The van der Waals surface area contributed by atoms with Gasteiger partial charge in [0.1, 0.15) is 22.5 Å². The van der Waals surface area contributed by atoms with Gasteiger partial charge in [-0.05, 0) is 56.5 Å². The number of H-pyrrole nitrogens is 1. The number of aromatic nitrogens is 2. The van der Waals surface area contributed by atoms with Crippen LogP contribution in [0.1, 0.15) is 37.3 Å². The van der Waals surface area contributed by atoms with E-state index in [1.165, 1.54) is 16.4 Å². The molecule has 1 unspecified atom stereocenters. The van der Waals surface area contributed by atoms with Crippen molar-refractivity contribution >= 4 is 44.3 Å². The number of phenolic OH excluding ortho intramolecular Hbond substituents is 1. The number of furan rings is 1. The Morgan fingerprint density at radius 2 is 2.09 bits per heavy atom. The number of hydrogen-bond acceptors (Lipinski definition) is 8. The van der Waals surface area contributed by atoms with Crippen LogP contribution in [0, 0.1) is 6.92 Å². The number of halogens is 1. The fraction of sp³-hybridized carbons (Fsp3) is 0.333. The minimum atomic E-state index is -4.00. The Hall–Kier alpha value is -2.64. The van der Waals surface area contributed by atoms with E-state index in [0.29, 0.717) is 30.2 Å². The molecule has 1 saturated heterocycles. The van der Waals surface area contributed by atoms with Crippen molar-refractivity contribution in [3.8, 4) is 5.75 Å². The predicted octanol–water partition coefficient (Wildman–Crippen LogP) is 4.14. The number of phenols is 1. The average Bonchev–Trinajstić information content (AvgIpc) is 3.50. The van der Waals surface area contributed by atoms with Crippen molar-refractivity contribution < 1.29 is 22.5 Å². The first-order valence-electron chi connectivity index (χ1n) is 10.4. The van der Waals surface area contributed by atoms with E-state index in [9.17, 15) is 18.1 Å². The SMILES string of the molecule is C=C(C)[C@@H](N=c1[nH][s+]([O-])nc1Nc1ccc(Cl)c(S(=O)(=O)N2CCCC2)c1O)c1ccc(C)o1. The van der Waals surface area contributed by atoms with Crippen LogP contribution in [-0.4, -0.2) is 44.2 Å². The Labute approximate surface area is 204 Å². The van der Waals surface area contributed by atoms with Gasteiger partial charge in [0.15, 0.2) is 16.9 Å². The average molecular weight is 526 g/mol. The van der Waals surface area contributed by atoms with Gasteiger partial charge in [0.25, 0.3) is 0 Å². The molecule has 0 bridgehead atoms. The molecule has 2 aromatic heterocycles. The van der Waals surface area contributed by atoms with Gasteiger partial charge in [-0.15, -0.1) is 4.37 Å². The van der Waals surface area contributed by atoms with Crippen molar-refractivity contribution in [1.82, 2.24) is 13.1 Å². The topological polar surface area (TPSA) is 147 Å². The Morgan fingerprint density at radius 1 is 1.38 bits per heavy atom. The molecule has 4 rings (SSSR count). The molecule has 1 aliphatic heterocycles. The molecule has 34 heavy (non-hydrogen) atoms. The second-order valence-corrected chi connectivity index (χ2v) is 11.1. The van der Waals surface area contributed by atoms with Gasteiger partial charge in [0.2, 0.25) is 21.3 Å². The second-order valence-electron chi connectivity index (χ2n) is 7.97. The maximum Gasteiger partial charge on any atom is 0.248 e. The van der Waals surface area contributed by atoms with Gasteiger partial charge in [-0.2, -0.15) is 4.31 Å². The van der Waals surface area contributed by atoms with Crippen LogP contribution in [0.5, 0.6) is 5.75 Å². The molecule has 1 aliphatic rings. The number of benzene rings is 1. The monoisotopic (exact) mass is 525 g/mol.